The average molecular weight is 256 g/mol. The van der Waals surface area contributed by atoms with Gasteiger partial charge in [-0.25, -0.2) is 4.79 Å². The Bertz CT molecular complexity index is 463. The van der Waals surface area contributed by atoms with E-state index in [9.17, 15) is 9.59 Å². The molecule has 1 amide bonds. The van der Waals surface area contributed by atoms with E-state index < -0.39 is 5.97 Å². The molecule has 1 aromatic carbocycles. The molecular formula is C12H14ClNO3. The van der Waals surface area contributed by atoms with Crippen molar-refractivity contribution in [2.45, 2.75) is 26.3 Å². The van der Waals surface area contributed by atoms with E-state index in [1.54, 1.807) is 0 Å². The van der Waals surface area contributed by atoms with Gasteiger partial charge in [0.05, 0.1) is 10.6 Å². The van der Waals surface area contributed by atoms with Crippen molar-refractivity contribution in [3.63, 3.8) is 0 Å². The van der Waals surface area contributed by atoms with Crippen molar-refractivity contribution < 1.29 is 14.7 Å². The van der Waals surface area contributed by atoms with Gasteiger partial charge in [0.15, 0.2) is 0 Å². The minimum atomic E-state index is -1.11. The highest BCUT2D eigenvalue weighted by Crippen LogP contribution is 2.18. The van der Waals surface area contributed by atoms with E-state index in [4.69, 9.17) is 16.7 Å². The van der Waals surface area contributed by atoms with Crippen LogP contribution in [0.15, 0.2) is 18.2 Å². The van der Waals surface area contributed by atoms with E-state index in [1.807, 2.05) is 20.8 Å². The second-order valence-electron chi connectivity index (χ2n) is 4.70. The minimum absolute atomic E-state index is 0.0148. The topological polar surface area (TPSA) is 66.4 Å². The molecule has 0 unspecified atom stereocenters. The number of amides is 1. The molecule has 0 radical (unpaired) electrons. The summed E-state index contributed by atoms with van der Waals surface area (Å²) in [7, 11) is 0. The lowest BCUT2D eigenvalue weighted by Crippen LogP contribution is -2.40. The smallest absolute Gasteiger partial charge is 0.337 e. The summed E-state index contributed by atoms with van der Waals surface area (Å²) in [5.74, 6) is -1.39. The summed E-state index contributed by atoms with van der Waals surface area (Å²) in [5.41, 5.74) is -0.0245. The van der Waals surface area contributed by atoms with Crippen LogP contribution in [0.2, 0.25) is 5.02 Å². The molecule has 2 N–H and O–H groups in total. The van der Waals surface area contributed by atoms with Crippen LogP contribution >= 0.6 is 11.6 Å². The predicted octanol–water partition coefficient (Wildman–Crippen LogP) is 2.57. The Kier molecular flexibility index (Phi) is 3.78. The molecule has 0 aliphatic rings. The SMILES string of the molecule is CC(C)(C)NC(=O)c1ccc(C(=O)O)c(Cl)c1. The van der Waals surface area contributed by atoms with Gasteiger partial charge in [0.2, 0.25) is 0 Å². The molecule has 0 aromatic heterocycles. The van der Waals surface area contributed by atoms with E-state index >= 15 is 0 Å². The Morgan fingerprint density at radius 1 is 1.29 bits per heavy atom. The summed E-state index contributed by atoms with van der Waals surface area (Å²) in [6.45, 7) is 5.58. The Morgan fingerprint density at radius 2 is 1.88 bits per heavy atom. The maximum atomic E-state index is 11.8. The van der Waals surface area contributed by atoms with Gasteiger partial charge in [-0.3, -0.25) is 4.79 Å². The van der Waals surface area contributed by atoms with Crippen molar-refractivity contribution in [1.82, 2.24) is 5.32 Å². The van der Waals surface area contributed by atoms with Gasteiger partial charge in [0.1, 0.15) is 0 Å². The molecule has 5 heteroatoms. The quantitative estimate of drug-likeness (QED) is 0.854. The van der Waals surface area contributed by atoms with E-state index in [0.717, 1.165) is 0 Å². The predicted molar refractivity (Wildman–Crippen MR) is 65.6 cm³/mol. The summed E-state index contributed by atoms with van der Waals surface area (Å²) in [4.78, 5) is 22.5. The van der Waals surface area contributed by atoms with Gasteiger partial charge in [-0.05, 0) is 39.0 Å². The molecular weight excluding hydrogens is 242 g/mol. The lowest BCUT2D eigenvalue weighted by Gasteiger charge is -2.20. The van der Waals surface area contributed by atoms with E-state index in [-0.39, 0.29) is 22.0 Å². The first-order valence-electron chi connectivity index (χ1n) is 5.06. The van der Waals surface area contributed by atoms with Gasteiger partial charge in [-0.2, -0.15) is 0 Å². The number of rotatable bonds is 2. The van der Waals surface area contributed by atoms with Crippen LogP contribution in [-0.4, -0.2) is 22.5 Å². The molecule has 0 fully saturated rings. The highest BCUT2D eigenvalue weighted by atomic mass is 35.5. The second kappa shape index (κ2) is 4.75. The van der Waals surface area contributed by atoms with Crippen molar-refractivity contribution in [2.75, 3.05) is 0 Å². The van der Waals surface area contributed by atoms with Crippen molar-refractivity contribution in [3.8, 4) is 0 Å². The third-order valence-electron chi connectivity index (χ3n) is 1.95. The number of hydrogen-bond acceptors (Lipinski definition) is 2. The first kappa shape index (κ1) is 13.5. The van der Waals surface area contributed by atoms with Crippen LogP contribution in [0.1, 0.15) is 41.5 Å². The zero-order chi connectivity index (χ0) is 13.2. The highest BCUT2D eigenvalue weighted by molar-refractivity contribution is 6.33. The van der Waals surface area contributed by atoms with Crippen LogP contribution in [0.5, 0.6) is 0 Å². The van der Waals surface area contributed by atoms with Crippen LogP contribution in [0, 0.1) is 0 Å². The van der Waals surface area contributed by atoms with Crippen LogP contribution in [0.4, 0.5) is 0 Å². The number of carboxylic acids is 1. The average Bonchev–Trinajstić information content (AvgIpc) is 2.14. The Morgan fingerprint density at radius 3 is 2.29 bits per heavy atom. The third-order valence-corrected chi connectivity index (χ3v) is 2.26. The summed E-state index contributed by atoms with van der Waals surface area (Å²) in [6.07, 6.45) is 0. The number of benzene rings is 1. The van der Waals surface area contributed by atoms with Crippen LogP contribution in [0.25, 0.3) is 0 Å². The van der Waals surface area contributed by atoms with Crippen LogP contribution < -0.4 is 5.32 Å². The van der Waals surface area contributed by atoms with E-state index in [0.29, 0.717) is 5.56 Å². The molecule has 0 aliphatic heterocycles. The first-order chi connectivity index (χ1) is 7.70. The third kappa shape index (κ3) is 3.75. The number of carbonyl (C=O) groups excluding carboxylic acids is 1. The first-order valence-corrected chi connectivity index (χ1v) is 5.44. The number of carbonyl (C=O) groups is 2. The Balaban J connectivity index is 2.98. The van der Waals surface area contributed by atoms with Gasteiger partial charge in [0, 0.05) is 11.1 Å². The Hall–Kier alpha value is -1.55. The second-order valence-corrected chi connectivity index (χ2v) is 5.11. The van der Waals surface area contributed by atoms with Gasteiger partial charge >= 0.3 is 5.97 Å². The fourth-order valence-corrected chi connectivity index (χ4v) is 1.50. The zero-order valence-electron chi connectivity index (χ0n) is 9.87. The zero-order valence-corrected chi connectivity index (χ0v) is 10.6. The number of hydrogen-bond donors (Lipinski definition) is 2. The molecule has 0 atom stereocenters. The molecule has 0 heterocycles. The van der Waals surface area contributed by atoms with Crippen molar-refractivity contribution in [2.24, 2.45) is 0 Å². The maximum absolute atomic E-state index is 11.8. The molecule has 0 spiro atoms. The monoisotopic (exact) mass is 255 g/mol. The molecule has 4 nitrogen and oxygen atoms in total. The van der Waals surface area contributed by atoms with E-state index in [2.05, 4.69) is 5.32 Å². The summed E-state index contributed by atoms with van der Waals surface area (Å²) >= 11 is 5.78. The largest absolute Gasteiger partial charge is 0.478 e. The number of aromatic carboxylic acids is 1. The fourth-order valence-electron chi connectivity index (χ4n) is 1.24. The fraction of sp³-hybridized carbons (Fsp3) is 0.333. The lowest BCUT2D eigenvalue weighted by atomic mass is 10.1. The number of carboxylic acid groups (broad SMARTS) is 1. The van der Waals surface area contributed by atoms with Gasteiger partial charge < -0.3 is 10.4 Å². The summed E-state index contributed by atoms with van der Waals surface area (Å²) in [6, 6.07) is 4.12. The molecule has 0 aliphatic carbocycles. The molecule has 0 bridgehead atoms. The molecule has 0 saturated heterocycles. The summed E-state index contributed by atoms with van der Waals surface area (Å²) < 4.78 is 0. The standard InChI is InChI=1S/C12H14ClNO3/c1-12(2,3)14-10(15)7-4-5-8(11(16)17)9(13)6-7/h4-6H,1-3H3,(H,14,15)(H,16,17). The van der Waals surface area contributed by atoms with Gasteiger partial charge in [-0.15, -0.1) is 0 Å². The van der Waals surface area contributed by atoms with Gasteiger partial charge in [0.25, 0.3) is 5.91 Å². The van der Waals surface area contributed by atoms with E-state index in [1.165, 1.54) is 18.2 Å². The van der Waals surface area contributed by atoms with Crippen molar-refractivity contribution in [1.29, 1.82) is 0 Å². The molecule has 1 aromatic rings. The van der Waals surface area contributed by atoms with Crippen molar-refractivity contribution >= 4 is 23.5 Å². The molecule has 92 valence electrons. The normalized spacial score (nSPS) is 11.1. The highest BCUT2D eigenvalue weighted by Gasteiger charge is 2.17. The molecule has 0 saturated carbocycles. The number of halogens is 1. The summed E-state index contributed by atoms with van der Waals surface area (Å²) in [5, 5.41) is 11.6. The lowest BCUT2D eigenvalue weighted by molar-refractivity contribution is 0.0696. The Labute approximate surface area is 105 Å². The minimum Gasteiger partial charge on any atom is -0.478 e. The van der Waals surface area contributed by atoms with Crippen molar-refractivity contribution in [3.05, 3.63) is 34.3 Å². The molecule has 17 heavy (non-hydrogen) atoms. The van der Waals surface area contributed by atoms with Crippen LogP contribution in [0.3, 0.4) is 0 Å². The number of nitrogens with one attached hydrogen (secondary N) is 1. The van der Waals surface area contributed by atoms with Crippen LogP contribution in [-0.2, 0) is 0 Å². The van der Waals surface area contributed by atoms with Gasteiger partial charge in [-0.1, -0.05) is 11.6 Å². The molecule has 1 rings (SSSR count). The maximum Gasteiger partial charge on any atom is 0.337 e.